The molecule has 2 aliphatic rings. The first-order valence-corrected chi connectivity index (χ1v) is 17.2. The van der Waals surface area contributed by atoms with Crippen LogP contribution < -0.4 is 16.7 Å². The molecule has 0 bridgehead atoms. The Balaban J connectivity index is 1.20. The Morgan fingerprint density at radius 2 is 1.75 bits per heavy atom. The molecule has 288 valence electrons. The van der Waals surface area contributed by atoms with Crippen molar-refractivity contribution in [3.05, 3.63) is 34.6 Å². The van der Waals surface area contributed by atoms with Crippen LogP contribution in [0.2, 0.25) is 0 Å². The summed E-state index contributed by atoms with van der Waals surface area (Å²) in [5.41, 5.74) is 5.15. The van der Waals surface area contributed by atoms with Crippen LogP contribution in [-0.2, 0) is 60.0 Å². The number of anilines is 1. The molecule has 7 unspecified atom stereocenters. The van der Waals surface area contributed by atoms with E-state index in [1.165, 1.54) is 23.9 Å². The molecule has 0 saturated carbocycles. The van der Waals surface area contributed by atoms with Gasteiger partial charge in [0.1, 0.15) is 54.2 Å². The van der Waals surface area contributed by atoms with Gasteiger partial charge in [0.25, 0.3) is 0 Å². The lowest BCUT2D eigenvalue weighted by atomic mass is 9.97. The van der Waals surface area contributed by atoms with Crippen molar-refractivity contribution in [3.8, 4) is 0 Å². The van der Waals surface area contributed by atoms with Crippen LogP contribution in [0, 0.1) is 0 Å². The Bertz CT molecular complexity index is 1500. The quantitative estimate of drug-likeness (QED) is 0.0501. The molecule has 24 heteroatoms. The van der Waals surface area contributed by atoms with Gasteiger partial charge in [0, 0.05) is 20.2 Å². The van der Waals surface area contributed by atoms with E-state index < -0.39 is 87.8 Å². The van der Waals surface area contributed by atoms with Crippen LogP contribution in [-0.4, -0.2) is 158 Å². The summed E-state index contributed by atoms with van der Waals surface area (Å²) < 4.78 is 58.4. The van der Waals surface area contributed by atoms with Gasteiger partial charge in [-0.1, -0.05) is 5.21 Å². The number of carbonyl (C=O) groups is 1. The van der Waals surface area contributed by atoms with Gasteiger partial charge in [0.2, 0.25) is 5.91 Å². The molecule has 2 saturated heterocycles. The zero-order valence-corrected chi connectivity index (χ0v) is 28.7. The summed E-state index contributed by atoms with van der Waals surface area (Å²) in [7, 11) is -3.62. The minimum absolute atomic E-state index is 0.0199. The number of aliphatic hydroxyl groups is 4. The van der Waals surface area contributed by atoms with E-state index in [2.05, 4.69) is 25.1 Å². The van der Waals surface area contributed by atoms with Crippen molar-refractivity contribution in [3.63, 3.8) is 0 Å². The fourth-order valence-corrected chi connectivity index (χ4v) is 5.86. The predicted octanol–water partition coefficient (Wildman–Crippen LogP) is -3.98. The third-order valence-electron chi connectivity index (χ3n) is 7.68. The number of ether oxygens (including phenoxy) is 6. The number of nitrogens with zero attached hydrogens (tertiary/aromatic N) is 5. The summed E-state index contributed by atoms with van der Waals surface area (Å²) in [5.74, 6) is -0.502. The molecule has 10 atom stereocenters. The highest BCUT2D eigenvalue weighted by Crippen LogP contribution is 2.48. The lowest BCUT2D eigenvalue weighted by Gasteiger charge is -2.42. The Morgan fingerprint density at radius 3 is 2.41 bits per heavy atom. The van der Waals surface area contributed by atoms with Gasteiger partial charge in [-0.15, -0.1) is 5.10 Å². The van der Waals surface area contributed by atoms with Gasteiger partial charge in [-0.25, -0.2) is 14.0 Å². The van der Waals surface area contributed by atoms with Crippen LogP contribution in [0.5, 0.6) is 0 Å². The van der Waals surface area contributed by atoms with Gasteiger partial charge in [-0.05, 0) is 6.07 Å². The highest BCUT2D eigenvalue weighted by Gasteiger charge is 2.50. The second-order valence-corrected chi connectivity index (χ2v) is 12.8. The largest absolute Gasteiger partial charge is 0.472 e. The summed E-state index contributed by atoms with van der Waals surface area (Å²) in [4.78, 5) is 37.7. The number of phosphoric ester groups is 1. The molecular weight excluding hydrogens is 709 g/mol. The zero-order valence-electron chi connectivity index (χ0n) is 27.8. The number of nitrogens with one attached hydrogen (secondary N) is 1. The van der Waals surface area contributed by atoms with E-state index in [4.69, 9.17) is 38.7 Å². The first-order chi connectivity index (χ1) is 24.4. The van der Waals surface area contributed by atoms with E-state index in [0.29, 0.717) is 12.2 Å². The van der Waals surface area contributed by atoms with Crippen molar-refractivity contribution < 1.29 is 72.1 Å². The van der Waals surface area contributed by atoms with Gasteiger partial charge in [-0.2, -0.15) is 4.98 Å². The number of nitrogens with two attached hydrogens (primary N) is 1. The van der Waals surface area contributed by atoms with E-state index in [1.807, 2.05) is 0 Å². The first-order valence-electron chi connectivity index (χ1n) is 15.7. The third kappa shape index (κ3) is 11.2. The summed E-state index contributed by atoms with van der Waals surface area (Å²) in [6, 6.07) is 0.295. The fraction of sp³-hybridized carbons (Fsp3) is 0.741. The number of aromatic nitrogens is 5. The number of amides is 1. The Kier molecular flexibility index (Phi) is 15.3. The fourth-order valence-electron chi connectivity index (χ4n) is 5.21. The number of phosphoric acid groups is 1. The molecule has 4 heterocycles. The van der Waals surface area contributed by atoms with E-state index in [0.717, 1.165) is 11.7 Å². The molecule has 2 aliphatic heterocycles. The van der Waals surface area contributed by atoms with Gasteiger partial charge in [0.15, 0.2) is 12.5 Å². The van der Waals surface area contributed by atoms with E-state index >= 15 is 0 Å². The minimum atomic E-state index is -4.58. The maximum atomic E-state index is 12.6. The molecule has 0 aromatic carbocycles. The summed E-state index contributed by atoms with van der Waals surface area (Å²) in [6.45, 7) is 0.962. The molecule has 2 fully saturated rings. The van der Waals surface area contributed by atoms with Gasteiger partial charge >= 0.3 is 13.5 Å². The number of nitrogen functional groups attached to an aromatic ring is 1. The SMILES string of the molecule is COP(=O)(O)OC1[C@@H](CO)O[C@@H](n2ccc(N)nc2=O)[C@H]1OCc1cn(CCOCCOCCOC2OC(CO)C(O)C(O)C2NC(C)=O)nn1. The van der Waals surface area contributed by atoms with Crippen LogP contribution in [0.25, 0.3) is 0 Å². The smallest absolute Gasteiger partial charge is 0.394 e. The van der Waals surface area contributed by atoms with Crippen LogP contribution in [0.3, 0.4) is 0 Å². The number of aliphatic hydroxyl groups excluding tert-OH is 4. The lowest BCUT2D eigenvalue weighted by molar-refractivity contribution is -0.272. The molecule has 8 N–H and O–H groups in total. The molecule has 1 amide bonds. The van der Waals surface area contributed by atoms with Crippen molar-refractivity contribution in [1.82, 2.24) is 29.9 Å². The van der Waals surface area contributed by atoms with Crippen LogP contribution in [0.1, 0.15) is 18.8 Å². The molecule has 51 heavy (non-hydrogen) atoms. The van der Waals surface area contributed by atoms with Crippen molar-refractivity contribution in [2.24, 2.45) is 0 Å². The number of hydrogen-bond acceptors (Lipinski definition) is 19. The molecular formula is C27H44N7O16P. The molecule has 23 nitrogen and oxygen atoms in total. The summed E-state index contributed by atoms with van der Waals surface area (Å²) in [5, 5.41) is 50.2. The maximum absolute atomic E-state index is 12.6. The van der Waals surface area contributed by atoms with Crippen LogP contribution >= 0.6 is 7.82 Å². The number of carbonyl (C=O) groups excluding carboxylic acids is 1. The highest BCUT2D eigenvalue weighted by atomic mass is 31.2. The third-order valence-corrected chi connectivity index (χ3v) is 8.66. The Hall–Kier alpha value is -3.00. The number of hydrogen-bond donors (Lipinski definition) is 7. The van der Waals surface area contributed by atoms with Crippen molar-refractivity contribution in [2.75, 3.05) is 59.1 Å². The average molecular weight is 754 g/mol. The van der Waals surface area contributed by atoms with Crippen LogP contribution in [0.15, 0.2) is 23.3 Å². The second-order valence-electron chi connectivity index (χ2n) is 11.3. The number of rotatable bonds is 20. The molecule has 0 radical (unpaired) electrons. The highest BCUT2D eigenvalue weighted by molar-refractivity contribution is 7.47. The molecule has 4 rings (SSSR count). The minimum Gasteiger partial charge on any atom is -0.394 e. The Labute approximate surface area is 290 Å². The van der Waals surface area contributed by atoms with E-state index in [9.17, 15) is 39.5 Å². The molecule has 2 aromatic rings. The van der Waals surface area contributed by atoms with Crippen molar-refractivity contribution in [1.29, 1.82) is 0 Å². The van der Waals surface area contributed by atoms with E-state index in [1.54, 1.807) is 6.20 Å². The molecule has 2 aromatic heterocycles. The van der Waals surface area contributed by atoms with E-state index in [-0.39, 0.29) is 45.5 Å². The Morgan fingerprint density at radius 1 is 1.04 bits per heavy atom. The monoisotopic (exact) mass is 753 g/mol. The van der Waals surface area contributed by atoms with Gasteiger partial charge in [0.05, 0.1) is 65.6 Å². The van der Waals surface area contributed by atoms with Gasteiger partial charge in [-0.3, -0.25) is 18.4 Å². The lowest BCUT2D eigenvalue weighted by Crippen LogP contribution is -2.64. The van der Waals surface area contributed by atoms with Crippen molar-refractivity contribution >= 4 is 19.5 Å². The average Bonchev–Trinajstić information content (AvgIpc) is 3.69. The summed E-state index contributed by atoms with van der Waals surface area (Å²) in [6.07, 6.45) is -7.14. The molecule has 0 spiro atoms. The summed E-state index contributed by atoms with van der Waals surface area (Å²) >= 11 is 0. The normalized spacial score (nSPS) is 29.2. The zero-order chi connectivity index (χ0) is 37.1. The maximum Gasteiger partial charge on any atom is 0.472 e. The predicted molar refractivity (Wildman–Crippen MR) is 167 cm³/mol. The standard InChI is InChI=1S/C27H44N7O16P/c1-15(37)29-20-22(39)21(38)17(12-35)49-26(20)46-10-9-45-8-7-44-6-5-33-11-16(31-32-33)14-47-24-23(50-51(41,42)43-2)18(13-36)48-25(24)34-4-3-19(28)30-27(34)40/h3-4,11,17-18,20-26,35-36,38-39H,5-10,12-14H2,1-2H3,(H,29,37)(H,41,42)(H2,28,30,40)/t17?,18-,20?,21?,22?,23?,24+,25-,26?/m1/s1. The second kappa shape index (κ2) is 19.2. The van der Waals surface area contributed by atoms with Crippen LogP contribution in [0.4, 0.5) is 5.82 Å². The van der Waals surface area contributed by atoms with Gasteiger partial charge < -0.3 is 64.8 Å². The van der Waals surface area contributed by atoms with Crippen molar-refractivity contribution in [2.45, 2.75) is 75.3 Å². The first kappa shape index (κ1) is 40.8. The topological polar surface area (TPSA) is 313 Å². The molecule has 0 aliphatic carbocycles.